The van der Waals surface area contributed by atoms with Gasteiger partial charge in [-0.1, -0.05) is 21.3 Å². The standard InChI is InChI=1S/C10H10BrF3S/c1-3-15(2)7-4-5-9(11)8(6-7)10(12,13)14/h3-6H,1-2H3. The molecule has 84 valence electrons. The summed E-state index contributed by atoms with van der Waals surface area (Å²) in [5.41, 5.74) is -0.610. The highest BCUT2D eigenvalue weighted by Crippen LogP contribution is 2.37. The zero-order chi connectivity index (χ0) is 11.6. The number of benzene rings is 1. The molecule has 0 bridgehead atoms. The molecule has 0 saturated heterocycles. The minimum Gasteiger partial charge on any atom is -0.166 e. The maximum atomic E-state index is 12.6. The highest BCUT2D eigenvalue weighted by Gasteiger charge is 2.33. The third-order valence-corrected chi connectivity index (χ3v) is 4.36. The van der Waals surface area contributed by atoms with Gasteiger partial charge >= 0.3 is 6.18 Å². The fourth-order valence-corrected chi connectivity index (χ4v) is 2.39. The summed E-state index contributed by atoms with van der Waals surface area (Å²) in [5.74, 6) is 0. The van der Waals surface area contributed by atoms with Gasteiger partial charge in [-0.15, -0.1) is 0 Å². The van der Waals surface area contributed by atoms with Crippen molar-refractivity contribution in [2.75, 3.05) is 6.26 Å². The summed E-state index contributed by atoms with van der Waals surface area (Å²) >= 11 is 2.91. The van der Waals surface area contributed by atoms with E-state index in [4.69, 9.17) is 0 Å². The maximum Gasteiger partial charge on any atom is 0.417 e. The largest absolute Gasteiger partial charge is 0.417 e. The molecule has 0 radical (unpaired) electrons. The first kappa shape index (κ1) is 12.8. The predicted molar refractivity (Wildman–Crippen MR) is 62.7 cm³/mol. The number of alkyl halides is 3. The molecule has 0 heterocycles. The quantitative estimate of drug-likeness (QED) is 0.667. The van der Waals surface area contributed by atoms with Crippen molar-refractivity contribution in [3.05, 3.63) is 28.2 Å². The van der Waals surface area contributed by atoms with E-state index in [0.29, 0.717) is 4.90 Å². The normalized spacial score (nSPS) is 14.3. The van der Waals surface area contributed by atoms with Gasteiger partial charge in [0.2, 0.25) is 0 Å². The molecule has 0 aliphatic heterocycles. The predicted octanol–water partition coefficient (Wildman–Crippen LogP) is 4.55. The van der Waals surface area contributed by atoms with E-state index in [1.807, 2.05) is 18.5 Å². The summed E-state index contributed by atoms with van der Waals surface area (Å²) in [6, 6.07) is 4.36. The van der Waals surface area contributed by atoms with Crippen LogP contribution in [0, 0.1) is 0 Å². The lowest BCUT2D eigenvalue weighted by atomic mass is 10.2. The van der Waals surface area contributed by atoms with E-state index in [2.05, 4.69) is 15.9 Å². The molecule has 0 fully saturated rings. The van der Waals surface area contributed by atoms with E-state index in [1.165, 1.54) is 12.1 Å². The molecular formula is C10H10BrF3S. The SMILES string of the molecule is C/C=S(/C)c1ccc(Br)c(C(F)(F)F)c1. The molecule has 0 aliphatic rings. The molecule has 0 nitrogen and oxygen atoms in total. The van der Waals surface area contributed by atoms with Crippen LogP contribution in [0.2, 0.25) is 0 Å². The van der Waals surface area contributed by atoms with Crippen molar-refractivity contribution in [3.63, 3.8) is 0 Å². The molecule has 1 aromatic rings. The minimum absolute atomic E-state index is 0.0897. The monoisotopic (exact) mass is 298 g/mol. The molecule has 0 aliphatic carbocycles. The molecule has 0 spiro atoms. The molecule has 0 aromatic heterocycles. The van der Waals surface area contributed by atoms with Crippen LogP contribution < -0.4 is 0 Å². The Kier molecular flexibility index (Phi) is 4.00. The van der Waals surface area contributed by atoms with Crippen LogP contribution >= 0.6 is 26.4 Å². The summed E-state index contributed by atoms with van der Waals surface area (Å²) in [4.78, 5) is 0.702. The van der Waals surface area contributed by atoms with Gasteiger partial charge in [0.05, 0.1) is 5.56 Å². The van der Waals surface area contributed by atoms with Crippen molar-refractivity contribution < 1.29 is 13.2 Å². The Morgan fingerprint density at radius 2 is 1.93 bits per heavy atom. The lowest BCUT2D eigenvalue weighted by Crippen LogP contribution is -2.06. The Morgan fingerprint density at radius 1 is 1.33 bits per heavy atom. The van der Waals surface area contributed by atoms with E-state index in [0.717, 1.165) is 0 Å². The van der Waals surface area contributed by atoms with Crippen LogP contribution in [0.1, 0.15) is 12.5 Å². The first-order valence-electron chi connectivity index (χ1n) is 4.17. The molecule has 1 atom stereocenters. The first-order chi connectivity index (χ1) is 6.86. The van der Waals surface area contributed by atoms with Crippen LogP contribution in [-0.2, 0) is 6.18 Å². The van der Waals surface area contributed by atoms with Crippen molar-refractivity contribution in [1.29, 1.82) is 0 Å². The van der Waals surface area contributed by atoms with E-state index >= 15 is 0 Å². The van der Waals surface area contributed by atoms with Gasteiger partial charge in [0.25, 0.3) is 0 Å². The van der Waals surface area contributed by atoms with E-state index in [1.54, 1.807) is 6.07 Å². The Morgan fingerprint density at radius 3 is 2.40 bits per heavy atom. The van der Waals surface area contributed by atoms with Gasteiger partial charge in [-0.05, 0) is 31.4 Å². The van der Waals surface area contributed by atoms with Crippen molar-refractivity contribution in [1.82, 2.24) is 0 Å². The second-order valence-electron chi connectivity index (χ2n) is 2.93. The van der Waals surface area contributed by atoms with Gasteiger partial charge < -0.3 is 0 Å². The van der Waals surface area contributed by atoms with E-state index < -0.39 is 11.7 Å². The Labute approximate surface area is 97.6 Å². The van der Waals surface area contributed by atoms with Gasteiger partial charge in [-0.3, -0.25) is 0 Å². The number of hydrogen-bond acceptors (Lipinski definition) is 0. The molecule has 5 heteroatoms. The Balaban J connectivity index is 3.29. The summed E-state index contributed by atoms with van der Waals surface area (Å²) in [7, 11) is -0.240. The summed E-state index contributed by atoms with van der Waals surface area (Å²) < 4.78 is 37.8. The van der Waals surface area contributed by atoms with Crippen LogP contribution in [0.3, 0.4) is 0 Å². The lowest BCUT2D eigenvalue weighted by molar-refractivity contribution is -0.138. The minimum atomic E-state index is -4.30. The summed E-state index contributed by atoms with van der Waals surface area (Å²) in [6.45, 7) is 1.85. The van der Waals surface area contributed by atoms with Crippen LogP contribution in [0.25, 0.3) is 0 Å². The lowest BCUT2D eigenvalue weighted by Gasteiger charge is -2.11. The smallest absolute Gasteiger partial charge is 0.166 e. The highest BCUT2D eigenvalue weighted by atomic mass is 79.9. The van der Waals surface area contributed by atoms with Crippen molar-refractivity contribution >= 4 is 31.8 Å². The van der Waals surface area contributed by atoms with Gasteiger partial charge in [0.1, 0.15) is 0 Å². The third kappa shape index (κ3) is 3.08. The van der Waals surface area contributed by atoms with Gasteiger partial charge in [-0.2, -0.15) is 23.7 Å². The fourth-order valence-electron chi connectivity index (χ4n) is 1.06. The highest BCUT2D eigenvalue weighted by molar-refractivity contribution is 9.10. The second-order valence-corrected chi connectivity index (χ2v) is 5.85. The first-order valence-corrected chi connectivity index (χ1v) is 6.66. The molecule has 0 N–H and O–H groups in total. The van der Waals surface area contributed by atoms with Crippen LogP contribution in [0.4, 0.5) is 13.2 Å². The summed E-state index contributed by atoms with van der Waals surface area (Å²) in [5, 5.41) is 1.89. The molecule has 15 heavy (non-hydrogen) atoms. The Hall–Kier alpha value is -0.290. The number of hydrogen-bond donors (Lipinski definition) is 0. The van der Waals surface area contributed by atoms with E-state index in [9.17, 15) is 13.2 Å². The van der Waals surface area contributed by atoms with Crippen LogP contribution in [0.5, 0.6) is 0 Å². The molecule has 0 saturated carbocycles. The van der Waals surface area contributed by atoms with Crippen LogP contribution in [0.15, 0.2) is 27.6 Å². The zero-order valence-electron chi connectivity index (χ0n) is 8.23. The molecule has 1 rings (SSSR count). The average molecular weight is 299 g/mol. The van der Waals surface area contributed by atoms with Crippen molar-refractivity contribution in [2.24, 2.45) is 0 Å². The van der Waals surface area contributed by atoms with Gasteiger partial charge in [0, 0.05) is 9.37 Å². The maximum absolute atomic E-state index is 12.6. The Bertz CT molecular complexity index is 396. The fraction of sp³-hybridized carbons (Fsp3) is 0.300. The van der Waals surface area contributed by atoms with E-state index in [-0.39, 0.29) is 15.0 Å². The van der Waals surface area contributed by atoms with Crippen molar-refractivity contribution in [3.8, 4) is 0 Å². The molecular weight excluding hydrogens is 289 g/mol. The topological polar surface area (TPSA) is 0 Å². The molecule has 0 amide bonds. The number of halogens is 4. The van der Waals surface area contributed by atoms with Crippen LogP contribution in [-0.4, -0.2) is 11.6 Å². The number of rotatable bonds is 1. The molecule has 1 aromatic carbocycles. The zero-order valence-corrected chi connectivity index (χ0v) is 10.6. The summed E-state index contributed by atoms with van der Waals surface area (Å²) in [6.07, 6.45) is -2.41. The average Bonchev–Trinajstić information content (AvgIpc) is 2.15. The van der Waals surface area contributed by atoms with Gasteiger partial charge in [-0.25, -0.2) is 0 Å². The molecule has 1 unspecified atom stereocenters. The van der Waals surface area contributed by atoms with Crippen molar-refractivity contribution in [2.45, 2.75) is 18.0 Å². The third-order valence-electron chi connectivity index (χ3n) is 1.97. The van der Waals surface area contributed by atoms with Gasteiger partial charge in [0.15, 0.2) is 0 Å². The second kappa shape index (κ2) is 4.70.